The summed E-state index contributed by atoms with van der Waals surface area (Å²) in [5.41, 5.74) is 6.27. The van der Waals surface area contributed by atoms with E-state index in [1.165, 1.54) is 18.2 Å². The second-order valence-corrected chi connectivity index (χ2v) is 5.23. The first-order valence-corrected chi connectivity index (χ1v) is 6.78. The Morgan fingerprint density at radius 1 is 1.25 bits per heavy atom. The maximum atomic E-state index is 11.0. The number of nitrogens with zero attached hydrogens (tertiary/aromatic N) is 1. The predicted octanol–water partition coefficient (Wildman–Crippen LogP) is 4.26. The molecule has 20 heavy (non-hydrogen) atoms. The Hall–Kier alpha value is -1.63. The minimum Gasteiger partial charge on any atom is -0.449 e. The number of nitrogens with two attached hydrogens (primary N) is 1. The van der Waals surface area contributed by atoms with Crippen LogP contribution in [0, 0.1) is 10.1 Å². The summed E-state index contributed by atoms with van der Waals surface area (Å²) in [4.78, 5) is 10.4. The third-order valence-electron chi connectivity index (χ3n) is 2.57. The second-order valence-electron chi connectivity index (χ2n) is 3.94. The van der Waals surface area contributed by atoms with Crippen molar-refractivity contribution >= 4 is 33.2 Å². The quantitative estimate of drug-likeness (QED) is 0.655. The lowest BCUT2D eigenvalue weighted by molar-refractivity contribution is -0.385. The van der Waals surface area contributed by atoms with Crippen molar-refractivity contribution in [1.29, 1.82) is 0 Å². The van der Waals surface area contributed by atoms with Gasteiger partial charge in [0, 0.05) is 17.6 Å². The number of nitro benzene ring substituents is 1. The number of benzene rings is 2. The first kappa shape index (κ1) is 14.8. The Kier molecular flexibility index (Phi) is 4.59. The van der Waals surface area contributed by atoms with Gasteiger partial charge in [0.05, 0.1) is 9.40 Å². The zero-order valence-corrected chi connectivity index (χ0v) is 12.5. The van der Waals surface area contributed by atoms with Gasteiger partial charge in [0.1, 0.15) is 5.75 Å². The summed E-state index contributed by atoms with van der Waals surface area (Å²) in [6.45, 7) is 0.403. The maximum absolute atomic E-state index is 11.0. The van der Waals surface area contributed by atoms with Crippen LogP contribution < -0.4 is 10.5 Å². The molecule has 104 valence electrons. The fraction of sp³-hybridized carbons (Fsp3) is 0.0769. The van der Waals surface area contributed by atoms with Crippen LogP contribution in [0.1, 0.15) is 5.56 Å². The summed E-state index contributed by atoms with van der Waals surface area (Å²) in [7, 11) is 0. The van der Waals surface area contributed by atoms with Crippen molar-refractivity contribution in [2.45, 2.75) is 6.54 Å². The van der Waals surface area contributed by atoms with Crippen molar-refractivity contribution < 1.29 is 9.66 Å². The van der Waals surface area contributed by atoms with E-state index in [1.54, 1.807) is 18.2 Å². The molecule has 0 aliphatic rings. The molecule has 0 amide bonds. The van der Waals surface area contributed by atoms with Gasteiger partial charge < -0.3 is 10.5 Å². The fourth-order valence-electron chi connectivity index (χ4n) is 1.59. The van der Waals surface area contributed by atoms with Gasteiger partial charge >= 0.3 is 5.69 Å². The summed E-state index contributed by atoms with van der Waals surface area (Å²) >= 11 is 9.10. The third kappa shape index (κ3) is 3.27. The van der Waals surface area contributed by atoms with Gasteiger partial charge in [-0.2, -0.15) is 0 Å². The van der Waals surface area contributed by atoms with Gasteiger partial charge in [0.15, 0.2) is 0 Å². The van der Waals surface area contributed by atoms with Crippen LogP contribution in [-0.4, -0.2) is 4.92 Å². The molecule has 0 fully saturated rings. The van der Waals surface area contributed by atoms with Gasteiger partial charge in [-0.15, -0.1) is 0 Å². The van der Waals surface area contributed by atoms with Crippen LogP contribution in [0.4, 0.5) is 5.69 Å². The molecule has 0 aliphatic heterocycles. The molecule has 2 N–H and O–H groups in total. The maximum Gasteiger partial charge on any atom is 0.313 e. The molecule has 0 unspecified atom stereocenters. The first-order valence-electron chi connectivity index (χ1n) is 5.61. The molecule has 2 aromatic carbocycles. The number of hydrogen-bond acceptors (Lipinski definition) is 4. The van der Waals surface area contributed by atoms with E-state index in [0.29, 0.717) is 16.8 Å². The third-order valence-corrected chi connectivity index (χ3v) is 3.42. The number of ether oxygens (including phenoxy) is 1. The van der Waals surface area contributed by atoms with Crippen molar-refractivity contribution in [3.05, 3.63) is 61.6 Å². The summed E-state index contributed by atoms with van der Waals surface area (Å²) in [5.74, 6) is 0.591. The second kappa shape index (κ2) is 6.21. The minimum absolute atomic E-state index is 0.126. The van der Waals surface area contributed by atoms with Gasteiger partial charge in [0.2, 0.25) is 5.75 Å². The smallest absolute Gasteiger partial charge is 0.313 e. The average molecular weight is 358 g/mol. The van der Waals surface area contributed by atoms with E-state index in [4.69, 9.17) is 22.1 Å². The van der Waals surface area contributed by atoms with E-state index in [1.807, 2.05) is 0 Å². The molecule has 7 heteroatoms. The lowest BCUT2D eigenvalue weighted by Crippen LogP contribution is -1.97. The largest absolute Gasteiger partial charge is 0.449 e. The van der Waals surface area contributed by atoms with Gasteiger partial charge in [-0.25, -0.2) is 0 Å². The highest BCUT2D eigenvalue weighted by Gasteiger charge is 2.17. The van der Waals surface area contributed by atoms with Crippen LogP contribution in [0.15, 0.2) is 40.9 Å². The summed E-state index contributed by atoms with van der Waals surface area (Å²) < 4.78 is 6.24. The van der Waals surface area contributed by atoms with E-state index in [9.17, 15) is 10.1 Å². The first-order chi connectivity index (χ1) is 9.51. The summed E-state index contributed by atoms with van der Waals surface area (Å²) in [6.07, 6.45) is 0. The fourth-order valence-corrected chi connectivity index (χ4v) is 2.27. The lowest BCUT2D eigenvalue weighted by atomic mass is 10.2. The summed E-state index contributed by atoms with van der Waals surface area (Å²) in [6, 6.07) is 9.54. The Morgan fingerprint density at radius 3 is 2.55 bits per heavy atom. The molecule has 0 aliphatic carbocycles. The van der Waals surface area contributed by atoms with Crippen LogP contribution in [0.25, 0.3) is 0 Å². The molecule has 0 heterocycles. The van der Waals surface area contributed by atoms with Crippen LogP contribution >= 0.6 is 27.5 Å². The topological polar surface area (TPSA) is 78.4 Å². The van der Waals surface area contributed by atoms with Crippen molar-refractivity contribution in [1.82, 2.24) is 0 Å². The number of nitro groups is 1. The molecule has 5 nitrogen and oxygen atoms in total. The molecule has 0 saturated heterocycles. The van der Waals surface area contributed by atoms with Gasteiger partial charge in [-0.1, -0.05) is 17.7 Å². The van der Waals surface area contributed by atoms with Crippen LogP contribution in [-0.2, 0) is 6.54 Å². The van der Waals surface area contributed by atoms with E-state index < -0.39 is 4.92 Å². The number of halogens is 2. The van der Waals surface area contributed by atoms with E-state index >= 15 is 0 Å². The molecule has 0 aromatic heterocycles. The Morgan fingerprint density at radius 2 is 1.95 bits per heavy atom. The zero-order valence-electron chi connectivity index (χ0n) is 10.2. The Balaban J connectivity index is 2.37. The van der Waals surface area contributed by atoms with Crippen LogP contribution in [0.2, 0.25) is 5.02 Å². The molecule has 0 atom stereocenters. The highest BCUT2D eigenvalue weighted by molar-refractivity contribution is 9.10. The summed E-state index contributed by atoms with van der Waals surface area (Å²) in [5, 5.41) is 11.3. The molecular formula is C13H10BrClN2O3. The standard InChI is InChI=1S/C13H10BrClN2O3/c14-10-5-8(7-16)1-3-12(10)20-13-4-2-9(15)6-11(13)17(18)19/h1-6H,7,16H2. The monoisotopic (exact) mass is 356 g/mol. The Bertz CT molecular complexity index is 664. The minimum atomic E-state index is -0.538. The molecule has 0 bridgehead atoms. The van der Waals surface area contributed by atoms with Crippen LogP contribution in [0.5, 0.6) is 11.5 Å². The predicted molar refractivity (Wildman–Crippen MR) is 80.2 cm³/mol. The van der Waals surface area contributed by atoms with Gasteiger partial charge in [-0.05, 0) is 45.8 Å². The number of rotatable bonds is 4. The highest BCUT2D eigenvalue weighted by Crippen LogP contribution is 2.36. The molecule has 0 radical (unpaired) electrons. The van der Waals surface area contributed by atoms with E-state index in [-0.39, 0.29) is 16.5 Å². The SMILES string of the molecule is NCc1ccc(Oc2ccc(Cl)cc2[N+](=O)[O-])c(Br)c1. The molecule has 2 aromatic rings. The lowest BCUT2D eigenvalue weighted by Gasteiger charge is -2.09. The normalized spacial score (nSPS) is 10.3. The highest BCUT2D eigenvalue weighted by atomic mass is 79.9. The van der Waals surface area contributed by atoms with Crippen molar-refractivity contribution in [2.75, 3.05) is 0 Å². The van der Waals surface area contributed by atoms with Crippen molar-refractivity contribution in [3.63, 3.8) is 0 Å². The molecule has 2 rings (SSSR count). The van der Waals surface area contributed by atoms with E-state index in [2.05, 4.69) is 15.9 Å². The number of hydrogen-bond donors (Lipinski definition) is 1. The van der Waals surface area contributed by atoms with Crippen molar-refractivity contribution in [2.24, 2.45) is 5.73 Å². The Labute approximate surface area is 128 Å². The molecule has 0 saturated carbocycles. The average Bonchev–Trinajstić information content (AvgIpc) is 2.42. The van der Waals surface area contributed by atoms with Gasteiger partial charge in [0.25, 0.3) is 0 Å². The molecular weight excluding hydrogens is 348 g/mol. The van der Waals surface area contributed by atoms with Crippen LogP contribution in [0.3, 0.4) is 0 Å². The van der Waals surface area contributed by atoms with Crippen molar-refractivity contribution in [3.8, 4) is 11.5 Å². The molecule has 0 spiro atoms. The zero-order chi connectivity index (χ0) is 14.7. The van der Waals surface area contributed by atoms with Gasteiger partial charge in [-0.3, -0.25) is 10.1 Å². The van der Waals surface area contributed by atoms with E-state index in [0.717, 1.165) is 5.56 Å².